The number of nitrogens with one attached hydrogen (secondary N) is 2. The van der Waals surface area contributed by atoms with Crippen molar-refractivity contribution in [3.8, 4) is 0 Å². The molecule has 24 heavy (non-hydrogen) atoms. The van der Waals surface area contributed by atoms with E-state index in [1.807, 2.05) is 24.3 Å². The Hall–Kier alpha value is -1.78. The van der Waals surface area contributed by atoms with Crippen LogP contribution in [0.1, 0.15) is 29.9 Å². The molecule has 0 aliphatic carbocycles. The highest BCUT2D eigenvalue weighted by Gasteiger charge is 2.17. The molecule has 0 aromatic heterocycles. The molecule has 1 aliphatic heterocycles. The third kappa shape index (κ3) is 4.62. The summed E-state index contributed by atoms with van der Waals surface area (Å²) in [5.41, 5.74) is 2.19. The topological polar surface area (TPSA) is 16.5 Å². The summed E-state index contributed by atoms with van der Waals surface area (Å²) in [6.07, 6.45) is 2.10. The zero-order valence-electron chi connectivity index (χ0n) is 13.9. The molecule has 0 atom stereocenters. The van der Waals surface area contributed by atoms with Crippen molar-refractivity contribution in [1.82, 2.24) is 5.32 Å². The number of piperazine rings is 1. The van der Waals surface area contributed by atoms with Crippen molar-refractivity contribution in [3.63, 3.8) is 0 Å². The first-order valence-corrected chi connectivity index (χ1v) is 8.77. The van der Waals surface area contributed by atoms with Crippen LogP contribution in [0.4, 0.5) is 8.78 Å². The number of halogens is 2. The Bertz CT molecular complexity index is 574. The second kappa shape index (κ2) is 8.36. The van der Waals surface area contributed by atoms with E-state index in [1.165, 1.54) is 37.4 Å². The lowest BCUT2D eigenvalue weighted by molar-refractivity contribution is -0.902. The number of benzene rings is 2. The fourth-order valence-electron chi connectivity index (χ4n) is 3.50. The fourth-order valence-corrected chi connectivity index (χ4v) is 3.50. The molecule has 1 aliphatic rings. The summed E-state index contributed by atoms with van der Waals surface area (Å²) >= 11 is 0. The molecule has 2 aromatic carbocycles. The first kappa shape index (κ1) is 17.1. The van der Waals surface area contributed by atoms with Crippen LogP contribution in [-0.4, -0.2) is 32.7 Å². The smallest absolute Gasteiger partial charge is 0.123 e. The predicted molar refractivity (Wildman–Crippen MR) is 92.3 cm³/mol. The summed E-state index contributed by atoms with van der Waals surface area (Å²) in [7, 11) is 0. The lowest BCUT2D eigenvalue weighted by atomic mass is 9.87. The standard InChI is InChI=1S/C20H24F2N2/c21-18-7-3-16(4-8-18)20(17-5-9-19(22)10-6-17)2-1-13-24-14-11-23-12-15-24/h3-10,20,23H,1-2,11-15H2/p+1. The molecule has 2 aromatic rings. The van der Waals surface area contributed by atoms with Crippen LogP contribution in [-0.2, 0) is 0 Å². The number of rotatable bonds is 6. The van der Waals surface area contributed by atoms with Gasteiger partial charge in [0, 0.05) is 19.0 Å². The minimum absolute atomic E-state index is 0.188. The van der Waals surface area contributed by atoms with Crippen LogP contribution in [0.2, 0.25) is 0 Å². The maximum atomic E-state index is 13.2. The molecule has 3 rings (SSSR count). The van der Waals surface area contributed by atoms with Crippen LogP contribution in [0.25, 0.3) is 0 Å². The highest BCUT2D eigenvalue weighted by atomic mass is 19.1. The Labute approximate surface area is 142 Å². The highest BCUT2D eigenvalue weighted by molar-refractivity contribution is 5.32. The minimum Gasteiger partial charge on any atom is -0.333 e. The Morgan fingerprint density at radius 1 is 0.833 bits per heavy atom. The van der Waals surface area contributed by atoms with Gasteiger partial charge in [-0.25, -0.2) is 8.78 Å². The Kier molecular flexibility index (Phi) is 5.94. The van der Waals surface area contributed by atoms with Gasteiger partial charge in [0.15, 0.2) is 0 Å². The molecule has 1 fully saturated rings. The Morgan fingerprint density at radius 2 is 1.33 bits per heavy atom. The largest absolute Gasteiger partial charge is 0.333 e. The van der Waals surface area contributed by atoms with E-state index in [2.05, 4.69) is 5.32 Å². The van der Waals surface area contributed by atoms with Crippen LogP contribution in [0, 0.1) is 11.6 Å². The molecule has 1 saturated heterocycles. The minimum atomic E-state index is -0.220. The number of hydrogen-bond donors (Lipinski definition) is 2. The molecule has 0 amide bonds. The lowest BCUT2D eigenvalue weighted by Crippen LogP contribution is -3.14. The van der Waals surface area contributed by atoms with E-state index in [4.69, 9.17) is 0 Å². The molecule has 0 bridgehead atoms. The van der Waals surface area contributed by atoms with Crippen molar-refractivity contribution in [1.29, 1.82) is 0 Å². The quantitative estimate of drug-likeness (QED) is 0.831. The number of hydrogen-bond acceptors (Lipinski definition) is 1. The van der Waals surface area contributed by atoms with E-state index in [9.17, 15) is 8.78 Å². The second-order valence-corrected chi connectivity index (χ2v) is 6.55. The van der Waals surface area contributed by atoms with Gasteiger partial charge >= 0.3 is 0 Å². The maximum Gasteiger partial charge on any atom is 0.123 e. The van der Waals surface area contributed by atoms with E-state index < -0.39 is 0 Å². The van der Waals surface area contributed by atoms with Crippen LogP contribution < -0.4 is 10.2 Å². The van der Waals surface area contributed by atoms with Crippen LogP contribution in [0.3, 0.4) is 0 Å². The average molecular weight is 331 g/mol. The molecule has 0 radical (unpaired) electrons. The first-order valence-electron chi connectivity index (χ1n) is 8.77. The predicted octanol–water partition coefficient (Wildman–Crippen LogP) is 2.37. The van der Waals surface area contributed by atoms with E-state index in [0.717, 1.165) is 43.6 Å². The summed E-state index contributed by atoms with van der Waals surface area (Å²) in [4.78, 5) is 1.64. The maximum absolute atomic E-state index is 13.2. The summed E-state index contributed by atoms with van der Waals surface area (Å²) < 4.78 is 26.5. The van der Waals surface area contributed by atoms with Crippen molar-refractivity contribution < 1.29 is 13.7 Å². The zero-order valence-corrected chi connectivity index (χ0v) is 13.9. The van der Waals surface area contributed by atoms with Crippen molar-refractivity contribution in [2.45, 2.75) is 18.8 Å². The molecular formula is C20H25F2N2+. The van der Waals surface area contributed by atoms with Crippen molar-refractivity contribution in [2.24, 2.45) is 0 Å². The summed E-state index contributed by atoms with van der Waals surface area (Å²) in [5, 5.41) is 3.38. The lowest BCUT2D eigenvalue weighted by Gasteiger charge is -2.25. The van der Waals surface area contributed by atoms with E-state index in [0.29, 0.717) is 0 Å². The molecule has 128 valence electrons. The van der Waals surface area contributed by atoms with Gasteiger partial charge in [0.2, 0.25) is 0 Å². The molecular weight excluding hydrogens is 306 g/mol. The van der Waals surface area contributed by atoms with Gasteiger partial charge in [-0.3, -0.25) is 0 Å². The summed E-state index contributed by atoms with van der Waals surface area (Å²) in [6.45, 7) is 5.69. The van der Waals surface area contributed by atoms with E-state index in [-0.39, 0.29) is 17.6 Å². The summed E-state index contributed by atoms with van der Waals surface area (Å²) in [5.74, 6) is -0.253. The Morgan fingerprint density at radius 3 is 1.83 bits per heavy atom. The van der Waals surface area contributed by atoms with Crippen LogP contribution >= 0.6 is 0 Å². The molecule has 0 unspecified atom stereocenters. The van der Waals surface area contributed by atoms with Crippen molar-refractivity contribution >= 4 is 0 Å². The molecule has 0 saturated carbocycles. The fraction of sp³-hybridized carbons (Fsp3) is 0.400. The van der Waals surface area contributed by atoms with Gasteiger partial charge in [-0.2, -0.15) is 0 Å². The SMILES string of the molecule is Fc1ccc(C(CCC[NH+]2CCNCC2)c2ccc(F)cc2)cc1. The van der Waals surface area contributed by atoms with Gasteiger partial charge in [-0.15, -0.1) is 0 Å². The Balaban J connectivity index is 1.69. The average Bonchev–Trinajstić information content (AvgIpc) is 2.62. The molecule has 0 spiro atoms. The van der Waals surface area contributed by atoms with Crippen LogP contribution in [0.15, 0.2) is 48.5 Å². The van der Waals surface area contributed by atoms with Gasteiger partial charge in [0.1, 0.15) is 11.6 Å². The zero-order chi connectivity index (χ0) is 16.8. The van der Waals surface area contributed by atoms with E-state index in [1.54, 1.807) is 4.90 Å². The third-order valence-electron chi connectivity index (χ3n) is 4.88. The molecule has 2 nitrogen and oxygen atoms in total. The van der Waals surface area contributed by atoms with Crippen molar-refractivity contribution in [3.05, 3.63) is 71.3 Å². The van der Waals surface area contributed by atoms with Gasteiger partial charge < -0.3 is 10.2 Å². The van der Waals surface area contributed by atoms with Gasteiger partial charge in [-0.05, 0) is 48.2 Å². The van der Waals surface area contributed by atoms with Gasteiger partial charge in [-0.1, -0.05) is 24.3 Å². The van der Waals surface area contributed by atoms with Crippen LogP contribution in [0.5, 0.6) is 0 Å². The monoisotopic (exact) mass is 331 g/mol. The van der Waals surface area contributed by atoms with Gasteiger partial charge in [0.05, 0.1) is 19.6 Å². The van der Waals surface area contributed by atoms with Gasteiger partial charge in [0.25, 0.3) is 0 Å². The molecule has 1 heterocycles. The van der Waals surface area contributed by atoms with Crippen molar-refractivity contribution in [2.75, 3.05) is 32.7 Å². The summed E-state index contributed by atoms with van der Waals surface area (Å²) in [6, 6.07) is 13.4. The highest BCUT2D eigenvalue weighted by Crippen LogP contribution is 2.29. The molecule has 4 heteroatoms. The third-order valence-corrected chi connectivity index (χ3v) is 4.88. The normalized spacial score (nSPS) is 15.8. The first-order chi connectivity index (χ1) is 11.7. The molecule has 2 N–H and O–H groups in total. The van der Waals surface area contributed by atoms with E-state index >= 15 is 0 Å². The number of quaternary nitrogens is 1. The second-order valence-electron chi connectivity index (χ2n) is 6.55.